The van der Waals surface area contributed by atoms with Crippen LogP contribution in [0.25, 0.3) is 10.2 Å². The summed E-state index contributed by atoms with van der Waals surface area (Å²) in [7, 11) is 3.49. The number of halogens is 2. The van der Waals surface area contributed by atoms with Crippen LogP contribution in [0.3, 0.4) is 0 Å². The van der Waals surface area contributed by atoms with Crippen molar-refractivity contribution in [2.45, 2.75) is 13.5 Å². The van der Waals surface area contributed by atoms with Crippen LogP contribution in [0.4, 0.5) is 4.39 Å². The molecule has 0 N–H and O–H groups in total. The van der Waals surface area contributed by atoms with Crippen molar-refractivity contribution in [1.29, 1.82) is 0 Å². The van der Waals surface area contributed by atoms with E-state index in [1.807, 2.05) is 20.0 Å². The first kappa shape index (κ1) is 16.0. The molecular formula is C16H15ClFN3OS. The molecule has 3 aromatic rings. The highest BCUT2D eigenvalue weighted by Crippen LogP contribution is 2.29. The van der Waals surface area contributed by atoms with Gasteiger partial charge in [-0.1, -0.05) is 17.7 Å². The van der Waals surface area contributed by atoms with Gasteiger partial charge in [-0.15, -0.1) is 11.3 Å². The molecule has 0 spiro atoms. The number of carbonyl (C=O) groups excluding carboxylic acids is 1. The first-order valence-electron chi connectivity index (χ1n) is 7.00. The molecule has 0 radical (unpaired) electrons. The van der Waals surface area contributed by atoms with Gasteiger partial charge >= 0.3 is 0 Å². The minimum absolute atomic E-state index is 0.121. The van der Waals surface area contributed by atoms with Crippen LogP contribution in [0.2, 0.25) is 5.02 Å². The second kappa shape index (κ2) is 5.94. The fourth-order valence-corrected chi connectivity index (χ4v) is 3.83. The summed E-state index contributed by atoms with van der Waals surface area (Å²) in [5.41, 5.74) is 1.21. The summed E-state index contributed by atoms with van der Waals surface area (Å²) in [6.45, 7) is 2.03. The van der Waals surface area contributed by atoms with Crippen molar-refractivity contribution in [3.63, 3.8) is 0 Å². The Kier molecular flexibility index (Phi) is 4.12. The number of rotatable bonds is 3. The number of carbonyl (C=O) groups is 1. The molecule has 3 rings (SSSR count). The van der Waals surface area contributed by atoms with Gasteiger partial charge in [0.05, 0.1) is 17.1 Å². The van der Waals surface area contributed by atoms with Crippen LogP contribution in [0, 0.1) is 12.7 Å². The lowest BCUT2D eigenvalue weighted by atomic mass is 10.2. The summed E-state index contributed by atoms with van der Waals surface area (Å²) in [5.74, 6) is -0.571. The second-order valence-corrected chi connectivity index (χ2v) is 6.84. The SMILES string of the molecule is Cc1nn(C)c2sc(C(=O)N(C)Cc3c(F)cccc3Cl)cc12. The van der Waals surface area contributed by atoms with Crippen molar-refractivity contribution in [2.24, 2.45) is 7.05 Å². The van der Waals surface area contributed by atoms with E-state index in [-0.39, 0.29) is 12.5 Å². The molecule has 0 saturated carbocycles. The highest BCUT2D eigenvalue weighted by atomic mass is 35.5. The van der Waals surface area contributed by atoms with Crippen LogP contribution >= 0.6 is 22.9 Å². The van der Waals surface area contributed by atoms with Crippen LogP contribution in [0.5, 0.6) is 0 Å². The number of aromatic nitrogens is 2. The maximum absolute atomic E-state index is 13.9. The van der Waals surface area contributed by atoms with Gasteiger partial charge < -0.3 is 4.90 Å². The zero-order valence-corrected chi connectivity index (χ0v) is 14.5. The highest BCUT2D eigenvalue weighted by Gasteiger charge is 2.20. The van der Waals surface area contributed by atoms with Crippen molar-refractivity contribution in [1.82, 2.24) is 14.7 Å². The van der Waals surface area contributed by atoms with E-state index in [0.29, 0.717) is 15.5 Å². The lowest BCUT2D eigenvalue weighted by Gasteiger charge is -2.17. The normalized spacial score (nSPS) is 11.2. The van der Waals surface area contributed by atoms with Crippen LogP contribution in [0.1, 0.15) is 20.9 Å². The molecule has 1 amide bonds. The monoisotopic (exact) mass is 351 g/mol. The van der Waals surface area contributed by atoms with Gasteiger partial charge in [0.2, 0.25) is 0 Å². The molecule has 2 heterocycles. The molecule has 0 aliphatic carbocycles. The average molecular weight is 352 g/mol. The molecule has 0 aliphatic heterocycles. The molecule has 2 aromatic heterocycles. The molecule has 120 valence electrons. The Morgan fingerprint density at radius 1 is 1.48 bits per heavy atom. The summed E-state index contributed by atoms with van der Waals surface area (Å²) in [6, 6.07) is 6.34. The number of benzene rings is 1. The van der Waals surface area contributed by atoms with E-state index in [1.54, 1.807) is 23.9 Å². The molecule has 0 aliphatic rings. The Bertz CT molecular complexity index is 847. The predicted molar refractivity (Wildman–Crippen MR) is 90.5 cm³/mol. The largest absolute Gasteiger partial charge is 0.337 e. The average Bonchev–Trinajstić information content (AvgIpc) is 3.04. The fraction of sp³-hybridized carbons (Fsp3) is 0.250. The van der Waals surface area contributed by atoms with Gasteiger partial charge in [0.1, 0.15) is 10.6 Å². The van der Waals surface area contributed by atoms with Gasteiger partial charge in [-0.2, -0.15) is 5.10 Å². The second-order valence-electron chi connectivity index (χ2n) is 5.40. The molecule has 4 nitrogen and oxygen atoms in total. The Morgan fingerprint density at radius 2 is 2.22 bits per heavy atom. The molecule has 0 bridgehead atoms. The highest BCUT2D eigenvalue weighted by molar-refractivity contribution is 7.20. The zero-order valence-electron chi connectivity index (χ0n) is 12.9. The lowest BCUT2D eigenvalue weighted by Crippen LogP contribution is -2.26. The topological polar surface area (TPSA) is 38.1 Å². The number of thiophene rings is 1. The minimum Gasteiger partial charge on any atom is -0.337 e. The van der Waals surface area contributed by atoms with Crippen LogP contribution in [-0.4, -0.2) is 27.6 Å². The van der Waals surface area contributed by atoms with Gasteiger partial charge in [0.25, 0.3) is 5.91 Å². The Labute approximate surface area is 142 Å². The van der Waals surface area contributed by atoms with Crippen LogP contribution < -0.4 is 0 Å². The van der Waals surface area contributed by atoms with Crippen molar-refractivity contribution >= 4 is 39.1 Å². The molecule has 7 heteroatoms. The van der Waals surface area contributed by atoms with Gasteiger partial charge in [0, 0.05) is 30.1 Å². The molecule has 23 heavy (non-hydrogen) atoms. The third kappa shape index (κ3) is 2.84. The van der Waals surface area contributed by atoms with Crippen molar-refractivity contribution in [3.05, 3.63) is 51.2 Å². The maximum Gasteiger partial charge on any atom is 0.264 e. The standard InChI is InChI=1S/C16H15ClFN3OS/c1-9-10-7-14(23-16(10)21(3)19-9)15(22)20(2)8-11-12(17)5-4-6-13(11)18/h4-7H,8H2,1-3H3. The fourth-order valence-electron chi connectivity index (χ4n) is 2.49. The third-order valence-corrected chi connectivity index (χ3v) is 5.25. The quantitative estimate of drug-likeness (QED) is 0.715. The number of hydrogen-bond donors (Lipinski definition) is 0. The van der Waals surface area contributed by atoms with Gasteiger partial charge in [-0.25, -0.2) is 4.39 Å². The lowest BCUT2D eigenvalue weighted by molar-refractivity contribution is 0.0789. The van der Waals surface area contributed by atoms with Crippen LogP contribution in [-0.2, 0) is 13.6 Å². The number of aryl methyl sites for hydroxylation is 2. The number of nitrogens with zero attached hydrogens (tertiary/aromatic N) is 3. The van der Waals surface area contributed by atoms with E-state index < -0.39 is 5.82 Å². The molecule has 0 saturated heterocycles. The van der Waals surface area contributed by atoms with Crippen molar-refractivity contribution in [3.8, 4) is 0 Å². The van der Waals surface area contributed by atoms with E-state index in [4.69, 9.17) is 11.6 Å². The van der Waals surface area contributed by atoms with Crippen LogP contribution in [0.15, 0.2) is 24.3 Å². The summed E-state index contributed by atoms with van der Waals surface area (Å²) >= 11 is 7.41. The van der Waals surface area contributed by atoms with E-state index in [0.717, 1.165) is 15.9 Å². The van der Waals surface area contributed by atoms with E-state index in [2.05, 4.69) is 5.10 Å². The molecule has 0 atom stereocenters. The first-order valence-corrected chi connectivity index (χ1v) is 8.19. The number of hydrogen-bond acceptors (Lipinski definition) is 3. The molecule has 0 fully saturated rings. The Morgan fingerprint density at radius 3 is 2.87 bits per heavy atom. The maximum atomic E-state index is 13.9. The number of amides is 1. The van der Waals surface area contributed by atoms with Gasteiger partial charge in [0.15, 0.2) is 0 Å². The Balaban J connectivity index is 1.88. The molecule has 0 unspecified atom stereocenters. The smallest absolute Gasteiger partial charge is 0.264 e. The predicted octanol–water partition coefficient (Wildman–Crippen LogP) is 4.01. The third-order valence-electron chi connectivity index (χ3n) is 3.71. The summed E-state index contributed by atoms with van der Waals surface area (Å²) in [5, 5.41) is 5.61. The zero-order chi connectivity index (χ0) is 16.7. The van der Waals surface area contributed by atoms with Gasteiger partial charge in [-0.3, -0.25) is 9.48 Å². The van der Waals surface area contributed by atoms with E-state index in [1.165, 1.54) is 22.3 Å². The van der Waals surface area contributed by atoms with E-state index in [9.17, 15) is 9.18 Å². The number of fused-ring (bicyclic) bond motifs is 1. The summed E-state index contributed by atoms with van der Waals surface area (Å²) in [4.78, 5) is 15.6. The summed E-state index contributed by atoms with van der Waals surface area (Å²) in [6.07, 6.45) is 0. The summed E-state index contributed by atoms with van der Waals surface area (Å²) < 4.78 is 15.6. The molecule has 1 aromatic carbocycles. The van der Waals surface area contributed by atoms with Crippen molar-refractivity contribution in [2.75, 3.05) is 7.05 Å². The minimum atomic E-state index is -0.409. The Hall–Kier alpha value is -1.92. The first-order chi connectivity index (χ1) is 10.9. The van der Waals surface area contributed by atoms with E-state index >= 15 is 0 Å². The van der Waals surface area contributed by atoms with Gasteiger partial charge in [-0.05, 0) is 25.1 Å². The molecular weight excluding hydrogens is 337 g/mol. The van der Waals surface area contributed by atoms with Crippen molar-refractivity contribution < 1.29 is 9.18 Å².